The highest BCUT2D eigenvalue weighted by Gasteiger charge is 2.23. The van der Waals surface area contributed by atoms with Crippen LogP contribution in [0.15, 0.2) is 36.4 Å². The summed E-state index contributed by atoms with van der Waals surface area (Å²) >= 11 is 0. The van der Waals surface area contributed by atoms with Gasteiger partial charge in [0, 0.05) is 6.07 Å². The molecule has 2 aromatic rings. The third kappa shape index (κ3) is 5.63. The number of anilines is 1. The molecule has 8 heteroatoms. The second-order valence-electron chi connectivity index (χ2n) is 6.96. The van der Waals surface area contributed by atoms with E-state index < -0.39 is 15.9 Å². The molecule has 29 heavy (non-hydrogen) atoms. The molecule has 158 valence electrons. The molecule has 0 aliphatic rings. The Bertz CT molecular complexity index is 989. The number of nitrogens with one attached hydrogen (secondary N) is 1. The molecule has 0 bridgehead atoms. The van der Waals surface area contributed by atoms with E-state index in [0.29, 0.717) is 17.2 Å². The van der Waals surface area contributed by atoms with Crippen molar-refractivity contribution in [3.63, 3.8) is 0 Å². The molecule has 2 aromatic carbocycles. The standard InChI is InChI=1S/C21H28N2O5S/c1-14-7-8-15(2)18(11-14)16(3)22-21(24)13-23(29(6,25)26)17-9-10-19(27-4)20(12-17)28-5/h7-12,16H,13H2,1-6H3,(H,22,24)/t16-/m1/s1. The molecule has 0 unspecified atom stereocenters. The Labute approximate surface area is 172 Å². The fourth-order valence-electron chi connectivity index (χ4n) is 3.10. The van der Waals surface area contributed by atoms with Crippen LogP contribution in [0.2, 0.25) is 0 Å². The predicted octanol–water partition coefficient (Wildman–Crippen LogP) is 2.96. The molecule has 0 saturated carbocycles. The van der Waals surface area contributed by atoms with Gasteiger partial charge in [-0.2, -0.15) is 0 Å². The minimum Gasteiger partial charge on any atom is -0.493 e. The van der Waals surface area contributed by atoms with Crippen molar-refractivity contribution in [1.82, 2.24) is 5.32 Å². The van der Waals surface area contributed by atoms with Crippen LogP contribution in [0.5, 0.6) is 11.5 Å². The number of rotatable bonds is 8. The van der Waals surface area contributed by atoms with Crippen molar-refractivity contribution in [3.05, 3.63) is 53.1 Å². The lowest BCUT2D eigenvalue weighted by Crippen LogP contribution is -2.41. The minimum atomic E-state index is -3.70. The Morgan fingerprint density at radius 1 is 1.07 bits per heavy atom. The lowest BCUT2D eigenvalue weighted by atomic mass is 10.00. The number of amides is 1. The second kappa shape index (κ2) is 9.17. The monoisotopic (exact) mass is 420 g/mol. The van der Waals surface area contributed by atoms with Gasteiger partial charge in [0.25, 0.3) is 0 Å². The fraction of sp³-hybridized carbons (Fsp3) is 0.381. The van der Waals surface area contributed by atoms with Crippen LogP contribution in [0.25, 0.3) is 0 Å². The van der Waals surface area contributed by atoms with Gasteiger partial charge >= 0.3 is 0 Å². The van der Waals surface area contributed by atoms with Crippen LogP contribution in [0.3, 0.4) is 0 Å². The van der Waals surface area contributed by atoms with Gasteiger partial charge in [-0.15, -0.1) is 0 Å². The van der Waals surface area contributed by atoms with Gasteiger partial charge in [0.15, 0.2) is 11.5 Å². The molecule has 1 atom stereocenters. The van der Waals surface area contributed by atoms with Crippen LogP contribution < -0.4 is 19.1 Å². The van der Waals surface area contributed by atoms with Crippen molar-refractivity contribution in [2.75, 3.05) is 31.3 Å². The van der Waals surface area contributed by atoms with Crippen molar-refractivity contribution in [2.45, 2.75) is 26.8 Å². The lowest BCUT2D eigenvalue weighted by molar-refractivity contribution is -0.120. The van der Waals surface area contributed by atoms with Crippen molar-refractivity contribution in [2.24, 2.45) is 0 Å². The van der Waals surface area contributed by atoms with E-state index in [0.717, 1.165) is 27.3 Å². The van der Waals surface area contributed by atoms with Crippen LogP contribution >= 0.6 is 0 Å². The number of carbonyl (C=O) groups excluding carboxylic acids is 1. The number of benzene rings is 2. The lowest BCUT2D eigenvalue weighted by Gasteiger charge is -2.24. The van der Waals surface area contributed by atoms with Gasteiger partial charge in [-0.3, -0.25) is 9.10 Å². The first-order chi connectivity index (χ1) is 13.6. The Kier molecular flexibility index (Phi) is 7.13. The van der Waals surface area contributed by atoms with Gasteiger partial charge in [-0.1, -0.05) is 23.8 Å². The van der Waals surface area contributed by atoms with E-state index in [1.165, 1.54) is 20.3 Å². The number of ether oxygens (including phenoxy) is 2. The Balaban J connectivity index is 2.25. The third-order valence-corrected chi connectivity index (χ3v) is 5.76. The number of nitrogens with zero attached hydrogens (tertiary/aromatic N) is 1. The molecule has 7 nitrogen and oxygen atoms in total. The number of hydrogen-bond acceptors (Lipinski definition) is 5. The molecule has 0 spiro atoms. The number of hydrogen-bond donors (Lipinski definition) is 1. The molecule has 0 radical (unpaired) electrons. The zero-order valence-corrected chi connectivity index (χ0v) is 18.5. The smallest absolute Gasteiger partial charge is 0.241 e. The van der Waals surface area contributed by atoms with Crippen LogP contribution in [0.1, 0.15) is 29.7 Å². The van der Waals surface area contributed by atoms with E-state index in [2.05, 4.69) is 5.32 Å². The summed E-state index contributed by atoms with van der Waals surface area (Å²) in [6, 6.07) is 10.5. The maximum absolute atomic E-state index is 12.7. The average molecular weight is 421 g/mol. The molecule has 1 amide bonds. The number of methoxy groups -OCH3 is 2. The summed E-state index contributed by atoms with van der Waals surface area (Å²) in [6.07, 6.45) is 1.06. The molecule has 0 aromatic heterocycles. The molecular weight excluding hydrogens is 392 g/mol. The quantitative estimate of drug-likeness (QED) is 0.710. The topological polar surface area (TPSA) is 84.9 Å². The minimum absolute atomic E-state index is 0.255. The maximum atomic E-state index is 12.7. The summed E-state index contributed by atoms with van der Waals surface area (Å²) in [5.41, 5.74) is 3.47. The van der Waals surface area contributed by atoms with Crippen LogP contribution in [-0.2, 0) is 14.8 Å². The molecule has 0 aliphatic heterocycles. The van der Waals surface area contributed by atoms with Gasteiger partial charge < -0.3 is 14.8 Å². The van der Waals surface area contributed by atoms with E-state index in [1.807, 2.05) is 39.0 Å². The number of aryl methyl sites for hydroxylation is 2. The van der Waals surface area contributed by atoms with E-state index in [1.54, 1.807) is 12.1 Å². The maximum Gasteiger partial charge on any atom is 0.241 e. The first kappa shape index (κ1) is 22.5. The Morgan fingerprint density at radius 2 is 1.72 bits per heavy atom. The van der Waals surface area contributed by atoms with Gasteiger partial charge in [0.1, 0.15) is 6.54 Å². The highest BCUT2D eigenvalue weighted by Crippen LogP contribution is 2.32. The largest absolute Gasteiger partial charge is 0.493 e. The molecule has 0 saturated heterocycles. The van der Waals surface area contributed by atoms with E-state index in [9.17, 15) is 13.2 Å². The fourth-order valence-corrected chi connectivity index (χ4v) is 3.95. The van der Waals surface area contributed by atoms with Gasteiger partial charge in [0.05, 0.1) is 32.2 Å². The van der Waals surface area contributed by atoms with E-state index in [-0.39, 0.29) is 12.6 Å². The summed E-state index contributed by atoms with van der Waals surface area (Å²) in [4.78, 5) is 12.7. The third-order valence-electron chi connectivity index (χ3n) is 4.62. The average Bonchev–Trinajstić information content (AvgIpc) is 2.66. The number of carbonyl (C=O) groups is 1. The highest BCUT2D eigenvalue weighted by molar-refractivity contribution is 7.92. The predicted molar refractivity (Wildman–Crippen MR) is 114 cm³/mol. The Morgan fingerprint density at radius 3 is 2.31 bits per heavy atom. The summed E-state index contributed by atoms with van der Waals surface area (Å²) in [5, 5.41) is 2.89. The second-order valence-corrected chi connectivity index (χ2v) is 8.86. The number of sulfonamides is 1. The van der Waals surface area contributed by atoms with Crippen LogP contribution in [0, 0.1) is 13.8 Å². The van der Waals surface area contributed by atoms with Crippen molar-refractivity contribution >= 4 is 21.6 Å². The molecule has 0 fully saturated rings. The van der Waals surface area contributed by atoms with Crippen LogP contribution in [-0.4, -0.2) is 41.3 Å². The summed E-state index contributed by atoms with van der Waals surface area (Å²) < 4.78 is 36.2. The molecule has 0 aliphatic carbocycles. The highest BCUT2D eigenvalue weighted by atomic mass is 32.2. The summed E-state index contributed by atoms with van der Waals surface area (Å²) in [5.74, 6) is 0.444. The van der Waals surface area contributed by atoms with Gasteiger partial charge in [0.2, 0.25) is 15.9 Å². The van der Waals surface area contributed by atoms with Gasteiger partial charge in [-0.05, 0) is 44.0 Å². The summed E-state index contributed by atoms with van der Waals surface area (Å²) in [7, 11) is -0.739. The molecule has 2 rings (SSSR count). The molecule has 0 heterocycles. The van der Waals surface area contributed by atoms with E-state index in [4.69, 9.17) is 9.47 Å². The van der Waals surface area contributed by atoms with Crippen molar-refractivity contribution < 1.29 is 22.7 Å². The first-order valence-electron chi connectivity index (χ1n) is 9.13. The van der Waals surface area contributed by atoms with Crippen molar-refractivity contribution in [3.8, 4) is 11.5 Å². The zero-order chi connectivity index (χ0) is 21.8. The zero-order valence-electron chi connectivity index (χ0n) is 17.6. The summed E-state index contributed by atoms with van der Waals surface area (Å²) in [6.45, 7) is 5.49. The first-order valence-corrected chi connectivity index (χ1v) is 11.0. The SMILES string of the molecule is COc1ccc(N(CC(=O)N[C@H](C)c2cc(C)ccc2C)S(C)(=O)=O)cc1OC. The van der Waals surface area contributed by atoms with Gasteiger partial charge in [-0.25, -0.2) is 8.42 Å². The molecular formula is C21H28N2O5S. The molecule has 1 N–H and O–H groups in total. The normalized spacial score (nSPS) is 12.2. The van der Waals surface area contributed by atoms with E-state index >= 15 is 0 Å². The Hall–Kier alpha value is -2.74. The van der Waals surface area contributed by atoms with Crippen molar-refractivity contribution in [1.29, 1.82) is 0 Å². The van der Waals surface area contributed by atoms with Crippen LogP contribution in [0.4, 0.5) is 5.69 Å².